The van der Waals surface area contributed by atoms with Crippen LogP contribution in [0.4, 0.5) is 4.39 Å². The van der Waals surface area contributed by atoms with E-state index in [-0.39, 0.29) is 5.82 Å². The lowest BCUT2D eigenvalue weighted by Crippen LogP contribution is -2.27. The van der Waals surface area contributed by atoms with Crippen LogP contribution in [-0.4, -0.2) is 20.3 Å². The van der Waals surface area contributed by atoms with Crippen LogP contribution in [0.25, 0.3) is 10.1 Å². The lowest BCUT2D eigenvalue weighted by atomic mass is 9.96. The van der Waals surface area contributed by atoms with Crippen molar-refractivity contribution in [2.24, 2.45) is 5.92 Å². The summed E-state index contributed by atoms with van der Waals surface area (Å²) >= 11 is 1.69. The Hall–Kier alpha value is -0.970. The van der Waals surface area contributed by atoms with E-state index in [2.05, 4.69) is 25.2 Å². The molecule has 4 heteroatoms. The van der Waals surface area contributed by atoms with Crippen LogP contribution in [0.15, 0.2) is 24.3 Å². The normalized spacial score (nSPS) is 14.5. The third kappa shape index (κ3) is 4.25. The number of nitrogens with one attached hydrogen (secondary N) is 1. The number of fused-ring (bicyclic) bond motifs is 1. The molecular weight excluding hydrogens is 285 g/mol. The zero-order valence-electron chi connectivity index (χ0n) is 13.0. The van der Waals surface area contributed by atoms with Crippen LogP contribution in [0.5, 0.6) is 0 Å². The molecule has 116 valence electrons. The first-order chi connectivity index (χ1) is 10.2. The summed E-state index contributed by atoms with van der Waals surface area (Å²) < 4.78 is 19.6. The minimum absolute atomic E-state index is 0.165. The molecule has 0 amide bonds. The zero-order chi connectivity index (χ0) is 15.2. The van der Waals surface area contributed by atoms with Gasteiger partial charge in [0.25, 0.3) is 0 Å². The van der Waals surface area contributed by atoms with Crippen LogP contribution in [0.3, 0.4) is 0 Å². The number of thiophene rings is 1. The second kappa shape index (κ2) is 7.87. The van der Waals surface area contributed by atoms with Crippen LogP contribution >= 0.6 is 11.3 Å². The van der Waals surface area contributed by atoms with Crippen LogP contribution in [0.2, 0.25) is 0 Å². The van der Waals surface area contributed by atoms with Crippen molar-refractivity contribution in [3.63, 3.8) is 0 Å². The number of hydrogen-bond donors (Lipinski definition) is 1. The number of rotatable bonds is 8. The van der Waals surface area contributed by atoms with E-state index in [9.17, 15) is 4.39 Å². The predicted molar refractivity (Wildman–Crippen MR) is 88.5 cm³/mol. The second-order valence-corrected chi connectivity index (χ2v) is 6.64. The molecule has 1 aromatic carbocycles. The van der Waals surface area contributed by atoms with Crippen LogP contribution in [0.1, 0.15) is 37.6 Å². The average Bonchev–Trinajstić information content (AvgIpc) is 2.88. The summed E-state index contributed by atoms with van der Waals surface area (Å²) in [4.78, 5) is 1.28. The fourth-order valence-electron chi connectivity index (χ4n) is 2.53. The van der Waals surface area contributed by atoms with Gasteiger partial charge < -0.3 is 10.1 Å². The Morgan fingerprint density at radius 3 is 2.86 bits per heavy atom. The fraction of sp³-hybridized carbons (Fsp3) is 0.529. The van der Waals surface area contributed by atoms with Gasteiger partial charge in [0.1, 0.15) is 5.82 Å². The van der Waals surface area contributed by atoms with Crippen molar-refractivity contribution in [1.29, 1.82) is 0 Å². The number of benzene rings is 1. The van der Waals surface area contributed by atoms with Gasteiger partial charge in [-0.3, -0.25) is 0 Å². The van der Waals surface area contributed by atoms with Gasteiger partial charge in [-0.25, -0.2) is 4.39 Å². The second-order valence-electron chi connectivity index (χ2n) is 5.52. The largest absolute Gasteiger partial charge is 0.385 e. The van der Waals surface area contributed by atoms with E-state index >= 15 is 0 Å². The Labute approximate surface area is 130 Å². The molecule has 0 fully saturated rings. The highest BCUT2D eigenvalue weighted by molar-refractivity contribution is 7.19. The highest BCUT2D eigenvalue weighted by Crippen LogP contribution is 2.34. The summed E-state index contributed by atoms with van der Waals surface area (Å²) in [6.45, 7) is 6.18. The van der Waals surface area contributed by atoms with Gasteiger partial charge in [0.05, 0.1) is 0 Å². The molecule has 2 nitrogen and oxygen atoms in total. The molecule has 0 saturated heterocycles. The molecule has 0 radical (unpaired) electrons. The highest BCUT2D eigenvalue weighted by Gasteiger charge is 2.20. The van der Waals surface area contributed by atoms with Gasteiger partial charge >= 0.3 is 0 Å². The van der Waals surface area contributed by atoms with Crippen molar-refractivity contribution in [2.45, 2.75) is 32.7 Å². The lowest BCUT2D eigenvalue weighted by molar-refractivity contribution is 0.170. The smallest absolute Gasteiger partial charge is 0.124 e. The monoisotopic (exact) mass is 309 g/mol. The number of halogens is 1. The van der Waals surface area contributed by atoms with E-state index in [0.29, 0.717) is 12.0 Å². The molecular formula is C17H24FNOS. The standard InChI is InChI=1S/C17H24FNOS/c1-4-8-19-17(12(2)7-9-20-3)16-10-13-5-6-14(18)11-15(13)21-16/h5-6,10-12,17,19H,4,7-9H2,1-3H3. The maximum Gasteiger partial charge on any atom is 0.124 e. The molecule has 2 rings (SSSR count). The van der Waals surface area contributed by atoms with Crippen molar-refractivity contribution < 1.29 is 9.13 Å². The van der Waals surface area contributed by atoms with Gasteiger partial charge in [-0.15, -0.1) is 11.3 Å². The van der Waals surface area contributed by atoms with Crippen molar-refractivity contribution >= 4 is 21.4 Å². The molecule has 0 bridgehead atoms. The van der Waals surface area contributed by atoms with Crippen LogP contribution < -0.4 is 5.32 Å². The molecule has 0 saturated carbocycles. The van der Waals surface area contributed by atoms with Crippen molar-refractivity contribution in [3.05, 3.63) is 35.0 Å². The van der Waals surface area contributed by atoms with E-state index in [1.54, 1.807) is 24.5 Å². The Balaban J connectivity index is 2.24. The molecule has 2 atom stereocenters. The first-order valence-corrected chi connectivity index (χ1v) is 8.38. The van der Waals surface area contributed by atoms with Gasteiger partial charge in [0.2, 0.25) is 0 Å². The van der Waals surface area contributed by atoms with Gasteiger partial charge in [-0.1, -0.05) is 19.9 Å². The molecule has 2 aromatic rings. The van der Waals surface area contributed by atoms with Crippen molar-refractivity contribution in [1.82, 2.24) is 5.32 Å². The van der Waals surface area contributed by atoms with Crippen LogP contribution in [-0.2, 0) is 4.74 Å². The molecule has 0 spiro atoms. The summed E-state index contributed by atoms with van der Waals surface area (Å²) in [7, 11) is 1.74. The zero-order valence-corrected chi connectivity index (χ0v) is 13.8. The van der Waals surface area contributed by atoms with E-state index in [0.717, 1.165) is 36.1 Å². The molecule has 1 N–H and O–H groups in total. The Kier molecular flexibility index (Phi) is 6.15. The third-order valence-corrected chi connectivity index (χ3v) is 4.95. The first-order valence-electron chi connectivity index (χ1n) is 7.57. The average molecular weight is 309 g/mol. The topological polar surface area (TPSA) is 21.3 Å². The van der Waals surface area contributed by atoms with Gasteiger partial charge in [0.15, 0.2) is 0 Å². The first kappa shape index (κ1) is 16.4. The molecule has 2 unspecified atom stereocenters. The summed E-state index contributed by atoms with van der Waals surface area (Å²) in [5.74, 6) is 0.316. The van der Waals surface area contributed by atoms with E-state index in [4.69, 9.17) is 4.74 Å². The molecule has 1 heterocycles. The lowest BCUT2D eigenvalue weighted by Gasteiger charge is -2.24. The Bertz CT molecular complexity index is 569. The number of hydrogen-bond acceptors (Lipinski definition) is 3. The fourth-order valence-corrected chi connectivity index (χ4v) is 3.83. The molecule has 0 aliphatic rings. The minimum atomic E-state index is -0.165. The molecule has 0 aliphatic heterocycles. The summed E-state index contributed by atoms with van der Waals surface area (Å²) in [5.41, 5.74) is 0. The van der Waals surface area contributed by atoms with E-state index < -0.39 is 0 Å². The maximum absolute atomic E-state index is 13.3. The molecule has 21 heavy (non-hydrogen) atoms. The number of methoxy groups -OCH3 is 1. The van der Waals surface area contributed by atoms with Crippen molar-refractivity contribution in [2.75, 3.05) is 20.3 Å². The predicted octanol–water partition coefficient (Wildman–Crippen LogP) is 4.75. The molecule has 1 aromatic heterocycles. The summed E-state index contributed by atoms with van der Waals surface area (Å²) in [6, 6.07) is 7.51. The quantitative estimate of drug-likeness (QED) is 0.759. The van der Waals surface area contributed by atoms with Crippen LogP contribution in [0, 0.1) is 11.7 Å². The molecule has 0 aliphatic carbocycles. The van der Waals surface area contributed by atoms with Gasteiger partial charge in [-0.05, 0) is 48.9 Å². The Morgan fingerprint density at radius 1 is 1.33 bits per heavy atom. The highest BCUT2D eigenvalue weighted by atomic mass is 32.1. The SMILES string of the molecule is CCCNC(c1cc2ccc(F)cc2s1)C(C)CCOC. The summed E-state index contributed by atoms with van der Waals surface area (Å²) in [5, 5.41) is 4.75. The summed E-state index contributed by atoms with van der Waals surface area (Å²) in [6.07, 6.45) is 2.12. The minimum Gasteiger partial charge on any atom is -0.385 e. The maximum atomic E-state index is 13.3. The third-order valence-electron chi connectivity index (χ3n) is 3.77. The van der Waals surface area contributed by atoms with Gasteiger partial charge in [0, 0.05) is 29.3 Å². The number of ether oxygens (including phenoxy) is 1. The van der Waals surface area contributed by atoms with E-state index in [1.807, 2.05) is 6.07 Å². The van der Waals surface area contributed by atoms with Crippen molar-refractivity contribution in [3.8, 4) is 0 Å². The Morgan fingerprint density at radius 2 is 2.14 bits per heavy atom. The van der Waals surface area contributed by atoms with E-state index in [1.165, 1.54) is 10.9 Å². The van der Waals surface area contributed by atoms with Gasteiger partial charge in [-0.2, -0.15) is 0 Å².